The summed E-state index contributed by atoms with van der Waals surface area (Å²) in [6, 6.07) is -0.827. The fraction of sp³-hybridized carbons (Fsp3) is 0.605. The minimum atomic E-state index is -1.57. The average Bonchev–Trinajstić information content (AvgIpc) is 3.07. The van der Waals surface area contributed by atoms with Crippen LogP contribution < -0.4 is 5.32 Å². The van der Waals surface area contributed by atoms with Gasteiger partial charge in [0.05, 0.1) is 25.4 Å². The van der Waals surface area contributed by atoms with Crippen molar-refractivity contribution in [3.8, 4) is 0 Å². The summed E-state index contributed by atoms with van der Waals surface area (Å²) in [5, 5.41) is 53.1. The van der Waals surface area contributed by atoms with Gasteiger partial charge in [-0.05, 0) is 64.2 Å². The van der Waals surface area contributed by atoms with Gasteiger partial charge in [0.15, 0.2) is 6.29 Å². The van der Waals surface area contributed by atoms with Gasteiger partial charge in [-0.1, -0.05) is 105 Å². The Hall–Kier alpha value is -2.63. The van der Waals surface area contributed by atoms with Crippen molar-refractivity contribution < 1.29 is 39.8 Å². The molecule has 9 nitrogen and oxygen atoms in total. The number of hydrogen-bond donors (Lipinski definition) is 6. The molecule has 1 aliphatic heterocycles. The van der Waals surface area contributed by atoms with Crippen molar-refractivity contribution in [3.05, 3.63) is 85.1 Å². The van der Waals surface area contributed by atoms with Gasteiger partial charge in [0.2, 0.25) is 5.91 Å². The molecule has 1 aliphatic rings. The second kappa shape index (κ2) is 28.4. The summed E-state index contributed by atoms with van der Waals surface area (Å²) in [5.41, 5.74) is 0. The Bertz CT molecular complexity index is 1000. The molecule has 0 spiro atoms. The predicted octanol–water partition coefficient (Wildman–Crippen LogP) is 5.26. The summed E-state index contributed by atoms with van der Waals surface area (Å²) in [5.74, 6) is -0.238. The lowest BCUT2D eigenvalue weighted by molar-refractivity contribution is -0.302. The van der Waals surface area contributed by atoms with Gasteiger partial charge in [-0.3, -0.25) is 4.79 Å². The number of aliphatic hydroxyl groups is 5. The summed E-state index contributed by atoms with van der Waals surface area (Å²) in [4.78, 5) is 12.7. The minimum absolute atomic E-state index is 0.218. The molecular formula is C38H61NO8. The molecule has 6 N–H and O–H groups in total. The van der Waals surface area contributed by atoms with E-state index < -0.39 is 49.5 Å². The van der Waals surface area contributed by atoms with Gasteiger partial charge >= 0.3 is 0 Å². The number of amides is 1. The number of nitrogens with one attached hydrogen (secondary N) is 1. The predicted molar refractivity (Wildman–Crippen MR) is 188 cm³/mol. The number of unbranched alkanes of at least 4 members (excludes halogenated alkanes) is 3. The maximum atomic E-state index is 12.7. The lowest BCUT2D eigenvalue weighted by Gasteiger charge is -2.40. The van der Waals surface area contributed by atoms with E-state index in [1.807, 2.05) is 13.0 Å². The highest BCUT2D eigenvalue weighted by Crippen LogP contribution is 2.22. The number of rotatable bonds is 25. The third kappa shape index (κ3) is 20.4. The molecule has 7 atom stereocenters. The highest BCUT2D eigenvalue weighted by molar-refractivity contribution is 5.76. The Morgan fingerprint density at radius 1 is 0.745 bits per heavy atom. The highest BCUT2D eigenvalue weighted by Gasteiger charge is 2.44. The van der Waals surface area contributed by atoms with E-state index in [2.05, 4.69) is 85.2 Å². The molecule has 1 saturated heterocycles. The molecular weight excluding hydrogens is 598 g/mol. The lowest BCUT2D eigenvalue weighted by atomic mass is 9.99. The second-order valence-corrected chi connectivity index (χ2v) is 11.6. The monoisotopic (exact) mass is 659 g/mol. The molecule has 0 radical (unpaired) electrons. The Kier molecular flexibility index (Phi) is 25.6. The highest BCUT2D eigenvalue weighted by atomic mass is 16.7. The minimum Gasteiger partial charge on any atom is -0.394 e. The number of hydrogen-bond acceptors (Lipinski definition) is 8. The fourth-order valence-corrected chi connectivity index (χ4v) is 4.63. The van der Waals surface area contributed by atoms with Crippen LogP contribution in [0.15, 0.2) is 85.1 Å². The molecule has 266 valence electrons. The smallest absolute Gasteiger partial charge is 0.220 e. The first kappa shape index (κ1) is 42.4. The van der Waals surface area contributed by atoms with Crippen molar-refractivity contribution in [2.75, 3.05) is 13.2 Å². The van der Waals surface area contributed by atoms with Gasteiger partial charge in [-0.2, -0.15) is 0 Å². The zero-order valence-electron chi connectivity index (χ0n) is 28.5. The molecule has 7 unspecified atom stereocenters. The summed E-state index contributed by atoms with van der Waals surface area (Å²) in [7, 11) is 0. The number of aliphatic hydroxyl groups excluding tert-OH is 5. The molecule has 9 heteroatoms. The third-order valence-electron chi connectivity index (χ3n) is 7.46. The molecule has 0 bridgehead atoms. The van der Waals surface area contributed by atoms with Crippen LogP contribution >= 0.6 is 0 Å². The molecule has 1 rings (SSSR count). The van der Waals surface area contributed by atoms with Crippen molar-refractivity contribution in [2.24, 2.45) is 0 Å². The van der Waals surface area contributed by atoms with E-state index in [0.717, 1.165) is 64.2 Å². The molecule has 0 aliphatic carbocycles. The van der Waals surface area contributed by atoms with Gasteiger partial charge in [-0.25, -0.2) is 0 Å². The Labute approximate surface area is 282 Å². The van der Waals surface area contributed by atoms with Crippen LogP contribution in [0.5, 0.6) is 0 Å². The van der Waals surface area contributed by atoms with Crippen molar-refractivity contribution in [1.29, 1.82) is 0 Å². The molecule has 0 aromatic heterocycles. The van der Waals surface area contributed by atoms with Gasteiger partial charge in [0, 0.05) is 6.42 Å². The zero-order chi connectivity index (χ0) is 34.5. The summed E-state index contributed by atoms with van der Waals surface area (Å²) in [6.07, 6.45) is 31.5. The van der Waals surface area contributed by atoms with E-state index >= 15 is 0 Å². The standard InChI is InChI=1S/C38H61NO8/c1-3-5-7-8-9-10-11-12-13-14-15-16-17-18-19-20-21-22-23-24-26-28-34(42)39-31(32(41)27-25-6-4-2)30-46-38-37(45)36(44)35(43)33(29-40)47-38/h5,7,9-10,12-13,15-16,18-19,21-22,25,27,31-33,35-38,40-41,43-45H,3-4,6,8,11,14,17,20,23-24,26,28-30H2,1-2H3,(H,39,42)/b7-5-,10-9-,13-12-,16-15-,19-18-,22-21-,27-25+. The molecule has 47 heavy (non-hydrogen) atoms. The first-order valence-electron chi connectivity index (χ1n) is 17.3. The van der Waals surface area contributed by atoms with Crippen LogP contribution in [0.3, 0.4) is 0 Å². The Balaban J connectivity index is 2.32. The van der Waals surface area contributed by atoms with E-state index in [1.165, 1.54) is 0 Å². The molecule has 0 aromatic carbocycles. The van der Waals surface area contributed by atoms with E-state index in [9.17, 15) is 30.3 Å². The van der Waals surface area contributed by atoms with Gasteiger partial charge < -0.3 is 40.3 Å². The van der Waals surface area contributed by atoms with Crippen LogP contribution in [0, 0.1) is 0 Å². The largest absolute Gasteiger partial charge is 0.394 e. The fourth-order valence-electron chi connectivity index (χ4n) is 4.63. The van der Waals surface area contributed by atoms with E-state index in [-0.39, 0.29) is 18.9 Å². The van der Waals surface area contributed by atoms with Crippen LogP contribution in [0.4, 0.5) is 0 Å². The summed E-state index contributed by atoms with van der Waals surface area (Å²) >= 11 is 0. The maximum Gasteiger partial charge on any atom is 0.220 e. The number of carbonyl (C=O) groups is 1. The van der Waals surface area contributed by atoms with Crippen molar-refractivity contribution in [1.82, 2.24) is 5.32 Å². The molecule has 0 saturated carbocycles. The summed E-state index contributed by atoms with van der Waals surface area (Å²) in [6.45, 7) is 3.36. The number of allylic oxidation sites excluding steroid dienone is 13. The number of carbonyl (C=O) groups excluding carboxylic acids is 1. The third-order valence-corrected chi connectivity index (χ3v) is 7.46. The normalized spacial score (nSPS) is 23.9. The average molecular weight is 660 g/mol. The maximum absolute atomic E-state index is 12.7. The van der Waals surface area contributed by atoms with Crippen molar-refractivity contribution in [3.63, 3.8) is 0 Å². The van der Waals surface area contributed by atoms with Gasteiger partial charge in [0.1, 0.15) is 24.4 Å². The topological polar surface area (TPSA) is 149 Å². The van der Waals surface area contributed by atoms with Crippen LogP contribution in [0.25, 0.3) is 0 Å². The first-order valence-corrected chi connectivity index (χ1v) is 17.3. The van der Waals surface area contributed by atoms with Crippen molar-refractivity contribution in [2.45, 2.75) is 134 Å². The quantitative estimate of drug-likeness (QED) is 0.0574. The molecule has 0 aromatic rings. The van der Waals surface area contributed by atoms with E-state index in [1.54, 1.807) is 6.08 Å². The SMILES string of the molecule is CC/C=C\C/C=C\C/C=C\C/C=C\C/C=C\C/C=C\CCCCC(=O)NC(COC1OC(CO)C(O)C(O)C1O)C(O)/C=C/CCC. The molecule has 1 amide bonds. The second-order valence-electron chi connectivity index (χ2n) is 11.6. The van der Waals surface area contributed by atoms with E-state index in [4.69, 9.17) is 9.47 Å². The molecule has 1 fully saturated rings. The van der Waals surface area contributed by atoms with Gasteiger partial charge in [0.25, 0.3) is 0 Å². The first-order chi connectivity index (χ1) is 22.8. The zero-order valence-corrected chi connectivity index (χ0v) is 28.5. The Morgan fingerprint density at radius 2 is 1.30 bits per heavy atom. The van der Waals surface area contributed by atoms with Crippen LogP contribution in [-0.4, -0.2) is 87.5 Å². The number of ether oxygens (including phenoxy) is 2. The molecule has 1 heterocycles. The van der Waals surface area contributed by atoms with E-state index in [0.29, 0.717) is 6.42 Å². The van der Waals surface area contributed by atoms with Crippen LogP contribution in [-0.2, 0) is 14.3 Å². The van der Waals surface area contributed by atoms with Crippen molar-refractivity contribution >= 4 is 5.91 Å². The van der Waals surface area contributed by atoms with Gasteiger partial charge in [-0.15, -0.1) is 0 Å². The van der Waals surface area contributed by atoms with Crippen LogP contribution in [0.1, 0.15) is 90.9 Å². The van der Waals surface area contributed by atoms with Crippen LogP contribution in [0.2, 0.25) is 0 Å². The Morgan fingerprint density at radius 3 is 1.83 bits per heavy atom. The summed E-state index contributed by atoms with van der Waals surface area (Å²) < 4.78 is 11.0. The lowest BCUT2D eigenvalue weighted by Crippen LogP contribution is -2.60.